The second-order valence-electron chi connectivity index (χ2n) is 3.71. The van der Waals surface area contributed by atoms with Gasteiger partial charge < -0.3 is 20.8 Å². The zero-order valence-corrected chi connectivity index (χ0v) is 11.5. The Balaban J connectivity index is 2.70. The average molecular weight is 349 g/mol. The maximum Gasteiger partial charge on any atom is 0.326 e. The molecule has 0 bridgehead atoms. The van der Waals surface area contributed by atoms with E-state index in [1.165, 1.54) is 6.07 Å². The third-order valence-electron chi connectivity index (χ3n) is 2.16. The lowest BCUT2D eigenvalue weighted by molar-refractivity contribution is -0.145. The van der Waals surface area contributed by atoms with Crippen LogP contribution in [-0.2, 0) is 9.59 Å². The van der Waals surface area contributed by atoms with Crippen molar-refractivity contribution in [3.8, 4) is 0 Å². The molecule has 0 aliphatic carbocycles. The standard InChI is InChI=1S/C11H10BrFN2O5/c12-6-3-5(13)1-2-7(6)14-11(20)15-8(10(18)19)4-9(16)17/h1-3,8H,4H2,(H,16,17)(H,18,19)(H2,14,15,20). The summed E-state index contributed by atoms with van der Waals surface area (Å²) in [6.45, 7) is 0. The van der Waals surface area contributed by atoms with Crippen LogP contribution in [0.4, 0.5) is 14.9 Å². The quantitative estimate of drug-likeness (QED) is 0.645. The van der Waals surface area contributed by atoms with Crippen LogP contribution in [0.5, 0.6) is 0 Å². The summed E-state index contributed by atoms with van der Waals surface area (Å²) in [6.07, 6.45) is -0.757. The highest BCUT2D eigenvalue weighted by Crippen LogP contribution is 2.22. The second-order valence-corrected chi connectivity index (χ2v) is 4.57. The molecule has 0 saturated carbocycles. The van der Waals surface area contributed by atoms with Crippen molar-refractivity contribution in [2.45, 2.75) is 12.5 Å². The Labute approximate surface area is 120 Å². The van der Waals surface area contributed by atoms with Gasteiger partial charge in [0.2, 0.25) is 0 Å². The van der Waals surface area contributed by atoms with Crippen molar-refractivity contribution in [3.63, 3.8) is 0 Å². The molecule has 7 nitrogen and oxygen atoms in total. The molecular weight excluding hydrogens is 339 g/mol. The summed E-state index contributed by atoms with van der Waals surface area (Å²) < 4.78 is 13.1. The molecule has 0 aliphatic heterocycles. The average Bonchev–Trinajstić information content (AvgIpc) is 2.31. The van der Waals surface area contributed by atoms with E-state index in [-0.39, 0.29) is 10.2 Å². The van der Waals surface area contributed by atoms with Crippen LogP contribution in [-0.4, -0.2) is 34.2 Å². The molecule has 0 radical (unpaired) electrons. The molecule has 1 atom stereocenters. The number of nitrogens with one attached hydrogen (secondary N) is 2. The van der Waals surface area contributed by atoms with Gasteiger partial charge in [-0.15, -0.1) is 0 Å². The van der Waals surface area contributed by atoms with Gasteiger partial charge in [-0.1, -0.05) is 0 Å². The predicted molar refractivity (Wildman–Crippen MR) is 69.9 cm³/mol. The van der Waals surface area contributed by atoms with E-state index < -0.39 is 36.2 Å². The van der Waals surface area contributed by atoms with Crippen molar-refractivity contribution in [1.29, 1.82) is 0 Å². The summed E-state index contributed by atoms with van der Waals surface area (Å²) in [7, 11) is 0. The minimum absolute atomic E-state index is 0.211. The van der Waals surface area contributed by atoms with Crippen LogP contribution in [0.1, 0.15) is 6.42 Å². The minimum atomic E-state index is -1.56. The number of carbonyl (C=O) groups excluding carboxylic acids is 1. The van der Waals surface area contributed by atoms with E-state index in [0.29, 0.717) is 0 Å². The number of aliphatic carboxylic acids is 2. The second kappa shape index (κ2) is 6.85. The molecule has 0 spiro atoms. The summed E-state index contributed by atoms with van der Waals surface area (Å²) in [5.41, 5.74) is 0.211. The maximum absolute atomic E-state index is 12.8. The van der Waals surface area contributed by atoms with E-state index in [2.05, 4.69) is 21.2 Å². The monoisotopic (exact) mass is 348 g/mol. The van der Waals surface area contributed by atoms with Crippen molar-refractivity contribution in [2.75, 3.05) is 5.32 Å². The number of hydrogen-bond donors (Lipinski definition) is 4. The molecular formula is C11H10BrFN2O5. The highest BCUT2D eigenvalue weighted by Gasteiger charge is 2.23. The van der Waals surface area contributed by atoms with Crippen LogP contribution < -0.4 is 10.6 Å². The van der Waals surface area contributed by atoms with Gasteiger partial charge in [0, 0.05) is 4.47 Å². The van der Waals surface area contributed by atoms with E-state index in [0.717, 1.165) is 12.1 Å². The van der Waals surface area contributed by atoms with Gasteiger partial charge in [0.15, 0.2) is 0 Å². The molecule has 108 valence electrons. The molecule has 0 fully saturated rings. The maximum atomic E-state index is 12.8. The molecule has 2 amide bonds. The largest absolute Gasteiger partial charge is 0.481 e. The molecule has 1 aromatic carbocycles. The molecule has 0 aliphatic rings. The fourth-order valence-corrected chi connectivity index (χ4v) is 1.73. The van der Waals surface area contributed by atoms with Crippen molar-refractivity contribution in [1.82, 2.24) is 5.32 Å². The van der Waals surface area contributed by atoms with Gasteiger partial charge in [-0.05, 0) is 34.1 Å². The smallest absolute Gasteiger partial charge is 0.326 e. The van der Waals surface area contributed by atoms with E-state index in [1.807, 2.05) is 5.32 Å². The van der Waals surface area contributed by atoms with Crippen LogP contribution in [0.15, 0.2) is 22.7 Å². The highest BCUT2D eigenvalue weighted by molar-refractivity contribution is 9.10. The Bertz CT molecular complexity index is 552. The van der Waals surface area contributed by atoms with Crippen LogP contribution >= 0.6 is 15.9 Å². The third-order valence-corrected chi connectivity index (χ3v) is 2.82. The summed E-state index contributed by atoms with van der Waals surface area (Å²) >= 11 is 3.02. The lowest BCUT2D eigenvalue weighted by atomic mass is 10.2. The fraction of sp³-hybridized carbons (Fsp3) is 0.182. The molecule has 20 heavy (non-hydrogen) atoms. The SMILES string of the molecule is O=C(O)CC(NC(=O)Nc1ccc(F)cc1Br)C(=O)O. The topological polar surface area (TPSA) is 116 Å². The number of rotatable bonds is 5. The number of urea groups is 1. The summed E-state index contributed by atoms with van der Waals surface area (Å²) in [4.78, 5) is 32.8. The molecule has 1 unspecified atom stereocenters. The van der Waals surface area contributed by atoms with Crippen LogP contribution in [0, 0.1) is 5.82 Å². The Morgan fingerprint density at radius 3 is 2.45 bits per heavy atom. The first-order valence-corrected chi connectivity index (χ1v) is 6.06. The molecule has 0 saturated heterocycles. The first kappa shape index (κ1) is 15.9. The van der Waals surface area contributed by atoms with Crippen molar-refractivity contribution >= 4 is 39.6 Å². The normalized spacial score (nSPS) is 11.5. The summed E-state index contributed by atoms with van der Waals surface area (Å²) in [5.74, 6) is -3.35. The molecule has 9 heteroatoms. The molecule has 0 heterocycles. The van der Waals surface area contributed by atoms with E-state index >= 15 is 0 Å². The van der Waals surface area contributed by atoms with Crippen molar-refractivity contribution < 1.29 is 29.0 Å². The minimum Gasteiger partial charge on any atom is -0.481 e. The molecule has 1 rings (SSSR count). The Kier molecular flexibility index (Phi) is 5.44. The van der Waals surface area contributed by atoms with Gasteiger partial charge in [-0.25, -0.2) is 14.0 Å². The Morgan fingerprint density at radius 2 is 1.95 bits per heavy atom. The van der Waals surface area contributed by atoms with Gasteiger partial charge >= 0.3 is 18.0 Å². The zero-order valence-electron chi connectivity index (χ0n) is 9.89. The van der Waals surface area contributed by atoms with Gasteiger partial charge in [0.1, 0.15) is 11.9 Å². The molecule has 0 aromatic heterocycles. The lowest BCUT2D eigenvalue weighted by Crippen LogP contribution is -2.44. The summed E-state index contributed by atoms with van der Waals surface area (Å²) in [6, 6.07) is 1.01. The lowest BCUT2D eigenvalue weighted by Gasteiger charge is -2.14. The van der Waals surface area contributed by atoms with Gasteiger partial charge in [-0.2, -0.15) is 0 Å². The van der Waals surface area contributed by atoms with Gasteiger partial charge in [-0.3, -0.25) is 4.79 Å². The van der Waals surface area contributed by atoms with Crippen LogP contribution in [0.3, 0.4) is 0 Å². The number of amides is 2. The number of benzene rings is 1. The zero-order chi connectivity index (χ0) is 15.3. The number of carbonyl (C=O) groups is 3. The molecule has 4 N–H and O–H groups in total. The number of carboxylic acids is 2. The number of halogens is 2. The summed E-state index contributed by atoms with van der Waals surface area (Å²) in [5, 5.41) is 21.6. The van der Waals surface area contributed by atoms with Crippen molar-refractivity contribution in [3.05, 3.63) is 28.5 Å². The van der Waals surface area contributed by atoms with E-state index in [9.17, 15) is 18.8 Å². The fourth-order valence-electron chi connectivity index (χ4n) is 1.28. The van der Waals surface area contributed by atoms with Crippen molar-refractivity contribution in [2.24, 2.45) is 0 Å². The van der Waals surface area contributed by atoms with Crippen LogP contribution in [0.2, 0.25) is 0 Å². The number of carboxylic acid groups (broad SMARTS) is 2. The van der Waals surface area contributed by atoms with E-state index in [4.69, 9.17) is 10.2 Å². The van der Waals surface area contributed by atoms with Gasteiger partial charge in [0.05, 0.1) is 12.1 Å². The molecule has 1 aromatic rings. The number of anilines is 1. The first-order chi connectivity index (χ1) is 9.29. The predicted octanol–water partition coefficient (Wildman–Crippen LogP) is 1.64. The first-order valence-electron chi connectivity index (χ1n) is 5.26. The third kappa shape index (κ3) is 4.84. The van der Waals surface area contributed by atoms with Gasteiger partial charge in [0.25, 0.3) is 0 Å². The van der Waals surface area contributed by atoms with E-state index in [1.54, 1.807) is 0 Å². The Hall–Kier alpha value is -2.16. The number of hydrogen-bond acceptors (Lipinski definition) is 3. The van der Waals surface area contributed by atoms with Crippen LogP contribution in [0.25, 0.3) is 0 Å². The Morgan fingerprint density at radius 1 is 1.30 bits per heavy atom. The highest BCUT2D eigenvalue weighted by atomic mass is 79.9.